The van der Waals surface area contributed by atoms with E-state index in [-0.39, 0.29) is 0 Å². The van der Waals surface area contributed by atoms with E-state index in [2.05, 4.69) is 0 Å². The first kappa shape index (κ1) is 20.1. The van der Waals surface area contributed by atoms with E-state index in [4.69, 9.17) is 4.74 Å². The van der Waals surface area contributed by atoms with Crippen LogP contribution in [0, 0.1) is 12.8 Å². The first-order chi connectivity index (χ1) is 11.5. The van der Waals surface area contributed by atoms with Crippen molar-refractivity contribution >= 4 is 16.8 Å². The van der Waals surface area contributed by atoms with Gasteiger partial charge in [-0.25, -0.2) is 0 Å². The Hall–Kier alpha value is -1.20. The highest BCUT2D eigenvalue weighted by Gasteiger charge is 2.50. The van der Waals surface area contributed by atoms with Crippen molar-refractivity contribution in [3.8, 4) is 0 Å². The maximum atomic E-state index is 13.1. The summed E-state index contributed by atoms with van der Waals surface area (Å²) in [4.78, 5) is 13.2. The molecular formula is C20H30O4S. The van der Waals surface area contributed by atoms with Gasteiger partial charge in [-0.15, -0.1) is 0 Å². The van der Waals surface area contributed by atoms with Gasteiger partial charge in [0, 0.05) is 4.90 Å². The molecule has 1 aromatic carbocycles. The monoisotopic (exact) mass is 366 g/mol. The number of aryl methyl sites for hydroxylation is 1. The van der Waals surface area contributed by atoms with Crippen molar-refractivity contribution in [2.75, 3.05) is 0 Å². The van der Waals surface area contributed by atoms with Gasteiger partial charge in [0.2, 0.25) is 0 Å². The predicted molar refractivity (Wildman–Crippen MR) is 99.8 cm³/mol. The quantitative estimate of drug-likeness (QED) is 0.824. The van der Waals surface area contributed by atoms with Crippen LogP contribution >= 0.6 is 0 Å². The molecule has 1 fully saturated rings. The second kappa shape index (κ2) is 7.58. The number of benzene rings is 1. The molecule has 140 valence electrons. The van der Waals surface area contributed by atoms with E-state index in [1.165, 1.54) is 0 Å². The molecule has 0 aliphatic heterocycles. The van der Waals surface area contributed by atoms with E-state index in [9.17, 15) is 14.1 Å². The van der Waals surface area contributed by atoms with Gasteiger partial charge in [-0.1, -0.05) is 30.5 Å². The van der Waals surface area contributed by atoms with Gasteiger partial charge in [-0.2, -0.15) is 0 Å². The second-order valence-corrected chi connectivity index (χ2v) is 9.73. The van der Waals surface area contributed by atoms with Gasteiger partial charge >= 0.3 is 5.97 Å². The summed E-state index contributed by atoms with van der Waals surface area (Å²) in [5.41, 5.74) is -0.819. The fourth-order valence-corrected chi connectivity index (χ4v) is 5.17. The molecule has 1 aliphatic carbocycles. The minimum Gasteiger partial charge on any atom is -0.460 e. The van der Waals surface area contributed by atoms with E-state index < -0.39 is 39.1 Å². The summed E-state index contributed by atoms with van der Waals surface area (Å²) in [5, 5.41) is 10.9. The number of rotatable bonds is 4. The Bertz CT molecular complexity index is 632. The first-order valence-electron chi connectivity index (χ1n) is 8.97. The van der Waals surface area contributed by atoms with Crippen molar-refractivity contribution < 1.29 is 18.8 Å². The van der Waals surface area contributed by atoms with Crippen LogP contribution in [0.3, 0.4) is 0 Å². The highest BCUT2D eigenvalue weighted by Crippen LogP contribution is 2.40. The lowest BCUT2D eigenvalue weighted by Crippen LogP contribution is -2.55. The Kier molecular flexibility index (Phi) is 6.10. The number of aliphatic hydroxyl groups is 1. The first-order valence-corrected chi connectivity index (χ1v) is 10.2. The van der Waals surface area contributed by atoms with Crippen LogP contribution < -0.4 is 0 Å². The smallest absolute Gasteiger partial charge is 0.312 e. The molecule has 5 heteroatoms. The van der Waals surface area contributed by atoms with Crippen LogP contribution in [0.1, 0.15) is 58.9 Å². The van der Waals surface area contributed by atoms with Crippen molar-refractivity contribution in [3.05, 3.63) is 29.8 Å². The van der Waals surface area contributed by atoms with E-state index in [0.717, 1.165) is 18.4 Å². The molecule has 0 spiro atoms. The molecule has 0 amide bonds. The van der Waals surface area contributed by atoms with Crippen LogP contribution in [-0.2, 0) is 20.3 Å². The van der Waals surface area contributed by atoms with Gasteiger partial charge in [0.05, 0.1) is 27.6 Å². The molecule has 1 N–H and O–H groups in total. The fraction of sp³-hybridized carbons (Fsp3) is 0.650. The molecule has 0 radical (unpaired) electrons. The molecule has 1 aromatic rings. The van der Waals surface area contributed by atoms with Crippen molar-refractivity contribution in [1.29, 1.82) is 0 Å². The number of carbonyl (C=O) groups is 1. The van der Waals surface area contributed by atoms with Gasteiger partial charge in [0.1, 0.15) is 5.60 Å². The summed E-state index contributed by atoms with van der Waals surface area (Å²) in [6.45, 7) is 9.10. The third-order valence-corrected chi connectivity index (χ3v) is 6.77. The van der Waals surface area contributed by atoms with Crippen LogP contribution in [0.4, 0.5) is 0 Å². The van der Waals surface area contributed by atoms with Crippen molar-refractivity contribution in [2.24, 2.45) is 5.92 Å². The molecule has 4 atom stereocenters. The number of ether oxygens (including phenoxy) is 1. The predicted octanol–water partition coefficient (Wildman–Crippen LogP) is 3.75. The Balaban J connectivity index is 2.27. The standard InChI is InChI=1S/C20H30O4S/c1-14-9-11-16(12-10-14)25(23)17-8-6-7-13-20(17,22)15(2)18(21)24-19(3,4)5/h9-12,15,17,22H,6-8,13H2,1-5H3/t15-,17-,20-,25-/m0/s1. The van der Waals surface area contributed by atoms with Crippen LogP contribution in [0.2, 0.25) is 0 Å². The zero-order valence-electron chi connectivity index (χ0n) is 15.9. The second-order valence-electron chi connectivity index (χ2n) is 8.09. The molecule has 0 unspecified atom stereocenters. The van der Waals surface area contributed by atoms with E-state index in [1.54, 1.807) is 6.92 Å². The summed E-state index contributed by atoms with van der Waals surface area (Å²) in [6, 6.07) is 7.54. The van der Waals surface area contributed by atoms with E-state index >= 15 is 0 Å². The topological polar surface area (TPSA) is 63.6 Å². The highest BCUT2D eigenvalue weighted by atomic mass is 32.2. The molecule has 25 heavy (non-hydrogen) atoms. The van der Waals surface area contributed by atoms with Crippen molar-refractivity contribution in [3.63, 3.8) is 0 Å². The van der Waals surface area contributed by atoms with Crippen molar-refractivity contribution in [1.82, 2.24) is 0 Å². The van der Waals surface area contributed by atoms with Gasteiger partial charge in [0.15, 0.2) is 0 Å². The highest BCUT2D eigenvalue weighted by molar-refractivity contribution is 7.85. The molecule has 1 saturated carbocycles. The largest absolute Gasteiger partial charge is 0.460 e. The lowest BCUT2D eigenvalue weighted by atomic mass is 9.76. The summed E-state index contributed by atoms with van der Waals surface area (Å²) in [6.07, 6.45) is 2.84. The normalized spacial score (nSPS) is 26.7. The average molecular weight is 367 g/mol. The lowest BCUT2D eigenvalue weighted by molar-refractivity contribution is -0.170. The van der Waals surface area contributed by atoms with Crippen LogP contribution in [-0.4, -0.2) is 31.7 Å². The maximum absolute atomic E-state index is 13.1. The van der Waals surface area contributed by atoms with Crippen LogP contribution in [0.5, 0.6) is 0 Å². The third-order valence-electron chi connectivity index (χ3n) is 4.87. The van der Waals surface area contributed by atoms with E-state index in [0.29, 0.717) is 17.7 Å². The molecule has 0 heterocycles. The molecular weight excluding hydrogens is 336 g/mol. The Morgan fingerprint density at radius 1 is 1.28 bits per heavy atom. The summed E-state index contributed by atoms with van der Waals surface area (Å²) >= 11 is 0. The minimum absolute atomic E-state index is 0.428. The number of esters is 1. The zero-order valence-corrected chi connectivity index (χ0v) is 16.7. The molecule has 0 aromatic heterocycles. The molecule has 0 bridgehead atoms. The summed E-state index contributed by atoms with van der Waals surface area (Å²) < 4.78 is 18.6. The summed E-state index contributed by atoms with van der Waals surface area (Å²) in [5.74, 6) is -1.14. The number of hydrogen-bond acceptors (Lipinski definition) is 4. The Morgan fingerprint density at radius 3 is 2.44 bits per heavy atom. The van der Waals surface area contributed by atoms with Gasteiger partial charge < -0.3 is 9.84 Å². The Morgan fingerprint density at radius 2 is 1.88 bits per heavy atom. The molecule has 1 aliphatic rings. The molecule has 0 saturated heterocycles. The van der Waals surface area contributed by atoms with Crippen molar-refractivity contribution in [2.45, 2.75) is 81.6 Å². The summed E-state index contributed by atoms with van der Waals surface area (Å²) in [7, 11) is -1.37. The number of hydrogen-bond donors (Lipinski definition) is 1. The van der Waals surface area contributed by atoms with Crippen LogP contribution in [0.15, 0.2) is 29.2 Å². The Labute approximate surface area is 153 Å². The van der Waals surface area contributed by atoms with Gasteiger partial charge in [0.25, 0.3) is 0 Å². The maximum Gasteiger partial charge on any atom is 0.312 e. The molecule has 4 nitrogen and oxygen atoms in total. The van der Waals surface area contributed by atoms with Gasteiger partial charge in [-0.3, -0.25) is 9.00 Å². The average Bonchev–Trinajstić information content (AvgIpc) is 2.53. The van der Waals surface area contributed by atoms with Crippen LogP contribution in [0.25, 0.3) is 0 Å². The van der Waals surface area contributed by atoms with Gasteiger partial charge in [-0.05, 0) is 59.6 Å². The molecule has 2 rings (SSSR count). The number of carbonyl (C=O) groups excluding carboxylic acids is 1. The lowest BCUT2D eigenvalue weighted by Gasteiger charge is -2.43. The fourth-order valence-electron chi connectivity index (χ4n) is 3.37. The zero-order chi connectivity index (χ0) is 18.8. The SMILES string of the molecule is Cc1ccc([S@](=O)[C@H]2CCCC[C@]2(O)[C@@H](C)C(=O)OC(C)(C)C)cc1. The minimum atomic E-state index is -1.37. The van der Waals surface area contributed by atoms with E-state index in [1.807, 2.05) is 52.0 Å². The third kappa shape index (κ3) is 4.70.